The van der Waals surface area contributed by atoms with E-state index in [0.717, 1.165) is 32.4 Å². The summed E-state index contributed by atoms with van der Waals surface area (Å²) in [5.74, 6) is 0.581. The minimum atomic E-state index is -0.602. The predicted octanol–water partition coefficient (Wildman–Crippen LogP) is 4.87. The number of carbonyl (C=O) groups is 2. The number of hydrogen-bond donors (Lipinski definition) is 3. The highest BCUT2D eigenvalue weighted by Crippen LogP contribution is 2.37. The fourth-order valence-electron chi connectivity index (χ4n) is 6.49. The fraction of sp³-hybridized carbons (Fsp3) is 0.714. The van der Waals surface area contributed by atoms with E-state index in [9.17, 15) is 9.59 Å². The van der Waals surface area contributed by atoms with Gasteiger partial charge in [0, 0.05) is 43.7 Å². The maximum atomic E-state index is 15.1. The molecule has 2 saturated heterocycles. The zero-order valence-corrected chi connectivity index (χ0v) is 23.1. The molecular weight excluding hydrogens is 511 g/mol. The zero-order chi connectivity index (χ0) is 26.9. The number of carbonyl (C=O) groups excluding carboxylic acids is 2. The fourth-order valence-corrected chi connectivity index (χ4v) is 6.67. The summed E-state index contributed by atoms with van der Waals surface area (Å²) >= 11 is 6.10. The quantitative estimate of drug-likeness (QED) is 0.400. The van der Waals surface area contributed by atoms with Crippen LogP contribution in [0.2, 0.25) is 5.02 Å². The second-order valence-corrected chi connectivity index (χ2v) is 11.2. The molecule has 1 saturated carbocycles. The van der Waals surface area contributed by atoms with Crippen LogP contribution < -0.4 is 16.0 Å². The van der Waals surface area contributed by atoms with E-state index in [-0.39, 0.29) is 36.2 Å². The molecule has 0 radical (unpaired) electrons. The Hall–Kier alpha value is -2.10. The standard InChI is InChI=1S/C28H42ClFN4O4/c1-37-28(36)32-14-16-38-26(22-10-5-11-23(29)25(22)30)20-9-6-15-34(18-20)27(35)33-24-17-31-13-12-21(24)19-7-3-2-4-8-19/h5,10-11,19-21,24,26,31H,2-4,6-9,12-18H2,1H3,(H,32,36)(H,33,35)/t20-,21+,24-,26?/m1/s1. The highest BCUT2D eigenvalue weighted by molar-refractivity contribution is 6.30. The van der Waals surface area contributed by atoms with Crippen LogP contribution in [-0.4, -0.2) is 69.5 Å². The van der Waals surface area contributed by atoms with E-state index in [0.29, 0.717) is 30.5 Å². The molecule has 2 aliphatic heterocycles. The Morgan fingerprint density at radius 2 is 2.00 bits per heavy atom. The van der Waals surface area contributed by atoms with Crippen LogP contribution in [0.25, 0.3) is 0 Å². The molecule has 0 spiro atoms. The van der Waals surface area contributed by atoms with Crippen LogP contribution in [0.1, 0.15) is 63.0 Å². The minimum absolute atomic E-state index is 0.0350. The first-order chi connectivity index (χ1) is 18.5. The van der Waals surface area contributed by atoms with Gasteiger partial charge in [-0.15, -0.1) is 0 Å². The van der Waals surface area contributed by atoms with Gasteiger partial charge in [-0.2, -0.15) is 0 Å². The number of alkyl carbamates (subject to hydrolysis) is 1. The Balaban J connectivity index is 1.42. The summed E-state index contributed by atoms with van der Waals surface area (Å²) in [7, 11) is 1.29. The predicted molar refractivity (Wildman–Crippen MR) is 145 cm³/mol. The third-order valence-electron chi connectivity index (χ3n) is 8.42. The molecule has 4 atom stereocenters. The summed E-state index contributed by atoms with van der Waals surface area (Å²) in [4.78, 5) is 26.7. The zero-order valence-electron chi connectivity index (χ0n) is 22.4. The Morgan fingerprint density at radius 1 is 1.18 bits per heavy atom. The third kappa shape index (κ3) is 7.51. The van der Waals surface area contributed by atoms with Gasteiger partial charge in [0.05, 0.1) is 24.8 Å². The van der Waals surface area contributed by atoms with Crippen LogP contribution in [0, 0.1) is 23.6 Å². The molecule has 3 fully saturated rings. The van der Waals surface area contributed by atoms with E-state index in [4.69, 9.17) is 16.3 Å². The van der Waals surface area contributed by atoms with Crippen molar-refractivity contribution in [3.8, 4) is 0 Å². The molecule has 1 aliphatic carbocycles. The Morgan fingerprint density at radius 3 is 2.79 bits per heavy atom. The number of nitrogens with zero attached hydrogens (tertiary/aromatic N) is 1. The lowest BCUT2D eigenvalue weighted by molar-refractivity contribution is -0.0108. The van der Waals surface area contributed by atoms with Crippen molar-refractivity contribution in [1.82, 2.24) is 20.9 Å². The van der Waals surface area contributed by atoms with Crippen molar-refractivity contribution in [3.63, 3.8) is 0 Å². The minimum Gasteiger partial charge on any atom is -0.453 e. The molecule has 2 heterocycles. The molecule has 4 rings (SSSR count). The van der Waals surface area contributed by atoms with Crippen LogP contribution in [0.5, 0.6) is 0 Å². The maximum absolute atomic E-state index is 15.1. The van der Waals surface area contributed by atoms with Crippen molar-refractivity contribution >= 4 is 23.7 Å². The van der Waals surface area contributed by atoms with Crippen LogP contribution in [0.15, 0.2) is 18.2 Å². The Labute approximate surface area is 230 Å². The Kier molecular flexibility index (Phi) is 10.9. The number of urea groups is 1. The number of rotatable bonds is 8. The second-order valence-electron chi connectivity index (χ2n) is 10.8. The average molecular weight is 553 g/mol. The number of methoxy groups -OCH3 is 1. The second kappa shape index (κ2) is 14.3. The monoisotopic (exact) mass is 552 g/mol. The number of likely N-dealkylation sites (tertiary alicyclic amines) is 1. The topological polar surface area (TPSA) is 91.9 Å². The normalized spacial score (nSPS) is 25.4. The van der Waals surface area contributed by atoms with Gasteiger partial charge in [-0.3, -0.25) is 0 Å². The van der Waals surface area contributed by atoms with Crippen molar-refractivity contribution in [2.75, 3.05) is 46.4 Å². The molecule has 3 aliphatic rings. The SMILES string of the molecule is COC(=O)NCCOC(c1cccc(Cl)c1F)[C@@H]1CCCN(C(=O)N[C@@H]2CNCC[C@H]2C2CCCCC2)C1. The van der Waals surface area contributed by atoms with Gasteiger partial charge in [0.15, 0.2) is 0 Å². The number of halogens is 2. The molecule has 1 aromatic carbocycles. The first kappa shape index (κ1) is 28.9. The smallest absolute Gasteiger partial charge is 0.406 e. The van der Waals surface area contributed by atoms with Gasteiger partial charge in [0.1, 0.15) is 5.82 Å². The van der Waals surface area contributed by atoms with E-state index in [2.05, 4.69) is 20.7 Å². The van der Waals surface area contributed by atoms with E-state index < -0.39 is 18.0 Å². The van der Waals surface area contributed by atoms with Crippen molar-refractivity contribution in [2.24, 2.45) is 17.8 Å². The van der Waals surface area contributed by atoms with Crippen LogP contribution in [-0.2, 0) is 9.47 Å². The number of amides is 3. The molecule has 3 amide bonds. The van der Waals surface area contributed by atoms with Gasteiger partial charge in [-0.1, -0.05) is 55.8 Å². The Bertz CT molecular complexity index is 932. The number of nitrogens with one attached hydrogen (secondary N) is 3. The molecule has 8 nitrogen and oxygen atoms in total. The summed E-state index contributed by atoms with van der Waals surface area (Å²) in [6.45, 7) is 3.32. The number of benzene rings is 1. The molecule has 0 aromatic heterocycles. The maximum Gasteiger partial charge on any atom is 0.406 e. The van der Waals surface area contributed by atoms with Crippen molar-refractivity contribution in [3.05, 3.63) is 34.6 Å². The van der Waals surface area contributed by atoms with Crippen molar-refractivity contribution in [1.29, 1.82) is 0 Å². The highest BCUT2D eigenvalue weighted by Gasteiger charge is 2.36. The average Bonchev–Trinajstić information content (AvgIpc) is 2.95. The van der Waals surface area contributed by atoms with E-state index in [1.807, 2.05) is 4.90 Å². The van der Waals surface area contributed by atoms with Crippen LogP contribution in [0.3, 0.4) is 0 Å². The third-order valence-corrected chi connectivity index (χ3v) is 8.71. The molecule has 1 unspecified atom stereocenters. The van der Waals surface area contributed by atoms with Crippen LogP contribution in [0.4, 0.5) is 14.0 Å². The van der Waals surface area contributed by atoms with Gasteiger partial charge in [0.2, 0.25) is 0 Å². The lowest BCUT2D eigenvalue weighted by atomic mass is 9.74. The summed E-state index contributed by atoms with van der Waals surface area (Å²) in [5, 5.41) is 9.44. The summed E-state index contributed by atoms with van der Waals surface area (Å²) in [6, 6.07) is 4.97. The van der Waals surface area contributed by atoms with Gasteiger partial charge >= 0.3 is 12.1 Å². The first-order valence-corrected chi connectivity index (χ1v) is 14.5. The molecule has 38 heavy (non-hydrogen) atoms. The molecule has 1 aromatic rings. The summed E-state index contributed by atoms with van der Waals surface area (Å²) in [6.07, 6.45) is 7.97. The van der Waals surface area contributed by atoms with Crippen molar-refractivity contribution < 1.29 is 23.5 Å². The molecular formula is C28H42ClFN4O4. The number of ether oxygens (including phenoxy) is 2. The van der Waals surface area contributed by atoms with Crippen LogP contribution >= 0.6 is 11.6 Å². The summed E-state index contributed by atoms with van der Waals surface area (Å²) in [5.41, 5.74) is 0.372. The molecule has 10 heteroatoms. The largest absolute Gasteiger partial charge is 0.453 e. The van der Waals surface area contributed by atoms with E-state index in [1.165, 1.54) is 45.3 Å². The number of piperidine rings is 2. The van der Waals surface area contributed by atoms with Gasteiger partial charge < -0.3 is 30.3 Å². The van der Waals surface area contributed by atoms with Gasteiger partial charge in [0.25, 0.3) is 0 Å². The van der Waals surface area contributed by atoms with Gasteiger partial charge in [-0.25, -0.2) is 14.0 Å². The lowest BCUT2D eigenvalue weighted by Crippen LogP contribution is -2.57. The number of hydrogen-bond acceptors (Lipinski definition) is 5. The molecule has 0 bridgehead atoms. The molecule has 212 valence electrons. The van der Waals surface area contributed by atoms with E-state index >= 15 is 4.39 Å². The highest BCUT2D eigenvalue weighted by atomic mass is 35.5. The first-order valence-electron chi connectivity index (χ1n) is 14.1. The molecule has 3 N–H and O–H groups in total. The van der Waals surface area contributed by atoms with E-state index in [1.54, 1.807) is 12.1 Å². The summed E-state index contributed by atoms with van der Waals surface area (Å²) < 4.78 is 25.8. The van der Waals surface area contributed by atoms with Gasteiger partial charge in [-0.05, 0) is 43.7 Å². The van der Waals surface area contributed by atoms with Crippen molar-refractivity contribution in [2.45, 2.75) is 63.5 Å². The lowest BCUT2D eigenvalue weighted by Gasteiger charge is -2.42.